The van der Waals surface area contributed by atoms with Crippen LogP contribution in [0.4, 0.5) is 0 Å². The molecule has 3 aromatic carbocycles. The minimum Gasteiger partial charge on any atom is -0.457 e. The van der Waals surface area contributed by atoms with E-state index in [1.165, 1.54) is 42.4 Å². The molecule has 1 amide bonds. The molecule has 2 saturated heterocycles. The summed E-state index contributed by atoms with van der Waals surface area (Å²) in [6.07, 6.45) is 5.01. The summed E-state index contributed by atoms with van der Waals surface area (Å²) in [5.41, 5.74) is 4.67. The van der Waals surface area contributed by atoms with Crippen molar-refractivity contribution < 1.29 is 9.53 Å². The molecule has 0 N–H and O–H groups in total. The van der Waals surface area contributed by atoms with Crippen molar-refractivity contribution in [3.8, 4) is 11.5 Å². The number of hydrogen-bond donors (Lipinski definition) is 0. The molecule has 186 valence electrons. The molecule has 2 fully saturated rings. The van der Waals surface area contributed by atoms with E-state index in [2.05, 4.69) is 65.6 Å². The fraction of sp³-hybridized carbons (Fsp3) is 0.406. The summed E-state index contributed by atoms with van der Waals surface area (Å²) in [6.45, 7) is 6.54. The summed E-state index contributed by atoms with van der Waals surface area (Å²) in [4.78, 5) is 17.7. The number of fused-ring (bicyclic) bond motifs is 4. The van der Waals surface area contributed by atoms with E-state index in [4.69, 9.17) is 4.74 Å². The molecule has 4 heteroatoms. The third-order valence-corrected chi connectivity index (χ3v) is 8.72. The Morgan fingerprint density at radius 3 is 2.25 bits per heavy atom. The van der Waals surface area contributed by atoms with Crippen LogP contribution in [0.1, 0.15) is 72.5 Å². The number of para-hydroxylation sites is 1. The molecule has 3 aliphatic heterocycles. The van der Waals surface area contributed by atoms with Crippen LogP contribution in [0, 0.1) is 5.92 Å². The van der Waals surface area contributed by atoms with Gasteiger partial charge in [0.15, 0.2) is 0 Å². The van der Waals surface area contributed by atoms with Crippen molar-refractivity contribution in [3.05, 3.63) is 95.1 Å². The van der Waals surface area contributed by atoms with E-state index in [1.807, 2.05) is 30.9 Å². The number of hydrogen-bond acceptors (Lipinski definition) is 3. The Morgan fingerprint density at radius 2 is 1.53 bits per heavy atom. The summed E-state index contributed by atoms with van der Waals surface area (Å²) in [5, 5.41) is 0. The number of nitrogens with zero attached hydrogens (tertiary/aromatic N) is 2. The van der Waals surface area contributed by atoms with Crippen LogP contribution in [0.25, 0.3) is 0 Å². The number of amides is 1. The second-order valence-corrected chi connectivity index (χ2v) is 10.6. The maximum Gasteiger partial charge on any atom is 0.253 e. The fourth-order valence-electron chi connectivity index (χ4n) is 6.97. The first-order chi connectivity index (χ1) is 17.7. The zero-order chi connectivity index (χ0) is 24.6. The number of piperidine rings is 1. The Kier molecular flexibility index (Phi) is 6.30. The third-order valence-electron chi connectivity index (χ3n) is 8.72. The van der Waals surface area contributed by atoms with Gasteiger partial charge in [-0.15, -0.1) is 0 Å². The highest BCUT2D eigenvalue weighted by molar-refractivity contribution is 5.95. The lowest BCUT2D eigenvalue weighted by molar-refractivity contribution is 0.0772. The zero-order valence-corrected chi connectivity index (χ0v) is 21.4. The van der Waals surface area contributed by atoms with Gasteiger partial charge >= 0.3 is 0 Å². The van der Waals surface area contributed by atoms with Gasteiger partial charge in [0.2, 0.25) is 0 Å². The first-order valence-corrected chi connectivity index (χ1v) is 13.7. The average molecular weight is 481 g/mol. The first-order valence-electron chi connectivity index (χ1n) is 13.7. The lowest BCUT2D eigenvalue weighted by Crippen LogP contribution is -2.44. The predicted octanol–water partition coefficient (Wildman–Crippen LogP) is 6.85. The molecule has 36 heavy (non-hydrogen) atoms. The Labute approximate surface area is 214 Å². The van der Waals surface area contributed by atoms with Gasteiger partial charge in [0.1, 0.15) is 11.5 Å². The van der Waals surface area contributed by atoms with Gasteiger partial charge in [-0.1, -0.05) is 54.6 Å². The molecule has 0 aromatic heterocycles. The molecule has 3 unspecified atom stereocenters. The number of ether oxygens (including phenoxy) is 1. The van der Waals surface area contributed by atoms with Crippen molar-refractivity contribution >= 4 is 5.91 Å². The van der Waals surface area contributed by atoms with Crippen LogP contribution in [0.3, 0.4) is 0 Å². The molecule has 0 aliphatic carbocycles. The summed E-state index contributed by atoms with van der Waals surface area (Å²) in [7, 11) is 0. The Bertz CT molecular complexity index is 1220. The topological polar surface area (TPSA) is 32.8 Å². The van der Waals surface area contributed by atoms with Gasteiger partial charge in [0.25, 0.3) is 5.91 Å². The molecule has 3 heterocycles. The Morgan fingerprint density at radius 1 is 0.861 bits per heavy atom. The molecule has 3 atom stereocenters. The molecule has 3 aromatic rings. The quantitative estimate of drug-likeness (QED) is 0.387. The second-order valence-electron chi connectivity index (χ2n) is 10.6. The smallest absolute Gasteiger partial charge is 0.253 e. The van der Waals surface area contributed by atoms with Crippen LogP contribution < -0.4 is 4.74 Å². The predicted molar refractivity (Wildman–Crippen MR) is 144 cm³/mol. The standard InChI is InChI=1S/C32H36N2O2/c1-3-33(4-2)32(35)23-14-17-28-30(20-23)36-29-13-9-8-12-27(29)31(28)24-18-25-15-16-26(19-24)34(25)21-22-10-6-5-7-11-22/h5-14,17,20,24-26,31H,3-4,15-16,18-19,21H2,1-2H3. The van der Waals surface area contributed by atoms with Gasteiger partial charge in [0.05, 0.1) is 0 Å². The van der Waals surface area contributed by atoms with E-state index in [-0.39, 0.29) is 5.91 Å². The lowest BCUT2D eigenvalue weighted by Gasteiger charge is -2.43. The highest BCUT2D eigenvalue weighted by Gasteiger charge is 2.45. The minimum atomic E-state index is 0.0778. The normalized spacial score (nSPS) is 24.5. The van der Waals surface area contributed by atoms with Gasteiger partial charge in [-0.05, 0) is 69.2 Å². The van der Waals surface area contributed by atoms with Crippen molar-refractivity contribution in [2.24, 2.45) is 5.92 Å². The van der Waals surface area contributed by atoms with Gasteiger partial charge in [-0.25, -0.2) is 0 Å². The number of rotatable bonds is 6. The van der Waals surface area contributed by atoms with Crippen molar-refractivity contribution in [1.29, 1.82) is 0 Å². The number of benzene rings is 3. The maximum absolute atomic E-state index is 13.1. The lowest BCUT2D eigenvalue weighted by atomic mass is 9.72. The monoisotopic (exact) mass is 480 g/mol. The Balaban J connectivity index is 1.31. The molecule has 3 aliphatic rings. The Hall–Kier alpha value is -3.11. The molecular formula is C32H36N2O2. The molecule has 0 spiro atoms. The minimum absolute atomic E-state index is 0.0778. The van der Waals surface area contributed by atoms with E-state index >= 15 is 0 Å². The van der Waals surface area contributed by atoms with E-state index in [9.17, 15) is 4.79 Å². The van der Waals surface area contributed by atoms with Gasteiger partial charge in [0, 0.05) is 54.3 Å². The highest BCUT2D eigenvalue weighted by Crippen LogP contribution is 2.53. The van der Waals surface area contributed by atoms with Crippen LogP contribution in [0.5, 0.6) is 11.5 Å². The average Bonchev–Trinajstić information content (AvgIpc) is 3.14. The first kappa shape index (κ1) is 23.3. The molecule has 4 nitrogen and oxygen atoms in total. The molecule has 6 rings (SSSR count). The van der Waals surface area contributed by atoms with Gasteiger partial charge in [-0.3, -0.25) is 9.69 Å². The van der Waals surface area contributed by atoms with Crippen molar-refractivity contribution in [2.75, 3.05) is 13.1 Å². The molecular weight excluding hydrogens is 444 g/mol. The SMILES string of the molecule is CCN(CC)C(=O)c1ccc2c(c1)Oc1ccccc1C2C1CC2CCC(C1)N2Cc1ccccc1. The van der Waals surface area contributed by atoms with E-state index in [0.29, 0.717) is 42.6 Å². The van der Waals surface area contributed by atoms with Crippen molar-refractivity contribution in [1.82, 2.24) is 9.80 Å². The summed E-state index contributed by atoms with van der Waals surface area (Å²) in [5.74, 6) is 2.76. The molecule has 2 bridgehead atoms. The van der Waals surface area contributed by atoms with Crippen LogP contribution in [-0.4, -0.2) is 40.9 Å². The maximum atomic E-state index is 13.1. The van der Waals surface area contributed by atoms with E-state index in [0.717, 1.165) is 18.0 Å². The number of carbonyl (C=O) groups is 1. The largest absolute Gasteiger partial charge is 0.457 e. The van der Waals surface area contributed by atoms with Crippen molar-refractivity contribution in [2.45, 2.75) is 64.1 Å². The third kappa shape index (κ3) is 4.12. The van der Waals surface area contributed by atoms with Gasteiger partial charge in [-0.2, -0.15) is 0 Å². The van der Waals surface area contributed by atoms with Crippen molar-refractivity contribution in [3.63, 3.8) is 0 Å². The van der Waals surface area contributed by atoms with E-state index in [1.54, 1.807) is 0 Å². The molecule has 0 saturated carbocycles. The summed E-state index contributed by atoms with van der Waals surface area (Å²) >= 11 is 0. The highest BCUT2D eigenvalue weighted by atomic mass is 16.5. The van der Waals surface area contributed by atoms with Crippen LogP contribution in [0.2, 0.25) is 0 Å². The number of carbonyl (C=O) groups excluding carboxylic acids is 1. The summed E-state index contributed by atoms with van der Waals surface area (Å²) in [6, 6.07) is 26.9. The van der Waals surface area contributed by atoms with Crippen LogP contribution in [0.15, 0.2) is 72.8 Å². The molecule has 0 radical (unpaired) electrons. The second kappa shape index (κ2) is 9.74. The van der Waals surface area contributed by atoms with E-state index < -0.39 is 0 Å². The van der Waals surface area contributed by atoms with Crippen LogP contribution >= 0.6 is 0 Å². The fourth-order valence-corrected chi connectivity index (χ4v) is 6.97. The summed E-state index contributed by atoms with van der Waals surface area (Å²) < 4.78 is 6.42. The van der Waals surface area contributed by atoms with Gasteiger partial charge < -0.3 is 9.64 Å². The zero-order valence-electron chi connectivity index (χ0n) is 21.4. The van der Waals surface area contributed by atoms with Crippen LogP contribution in [-0.2, 0) is 6.54 Å².